The molecule has 0 aromatic heterocycles. The minimum absolute atomic E-state index is 0.0694. The second-order valence-electron chi connectivity index (χ2n) is 4.74. The molecule has 0 amide bonds. The van der Waals surface area contributed by atoms with E-state index in [1.165, 1.54) is 5.56 Å². The minimum atomic E-state index is 0.0694. The van der Waals surface area contributed by atoms with Crippen LogP contribution >= 0.6 is 0 Å². The Hall–Kier alpha value is -2.00. The van der Waals surface area contributed by atoms with Crippen LogP contribution in [0.15, 0.2) is 42.5 Å². The van der Waals surface area contributed by atoms with Crippen LogP contribution in [0, 0.1) is 6.92 Å². The second-order valence-corrected chi connectivity index (χ2v) is 4.74. The zero-order valence-electron chi connectivity index (χ0n) is 12.4. The minimum Gasteiger partial charge on any atom is -0.497 e. The molecule has 106 valence electrons. The Labute approximate surface area is 120 Å². The topological polar surface area (TPSA) is 30.5 Å². The first-order valence-corrected chi connectivity index (χ1v) is 6.65. The predicted molar refractivity (Wildman–Crippen MR) is 81.6 cm³/mol. The average Bonchev–Trinajstić information content (AvgIpc) is 2.48. The third-order valence-corrected chi connectivity index (χ3v) is 3.41. The van der Waals surface area contributed by atoms with Gasteiger partial charge in [-0.25, -0.2) is 0 Å². The Morgan fingerprint density at radius 2 is 1.80 bits per heavy atom. The van der Waals surface area contributed by atoms with Crippen LogP contribution in [0.2, 0.25) is 0 Å². The van der Waals surface area contributed by atoms with E-state index < -0.39 is 0 Å². The summed E-state index contributed by atoms with van der Waals surface area (Å²) in [6.45, 7) is 2.08. The van der Waals surface area contributed by atoms with E-state index in [0.717, 1.165) is 22.6 Å². The molecule has 0 spiro atoms. The van der Waals surface area contributed by atoms with E-state index in [0.29, 0.717) is 0 Å². The number of ether oxygens (including phenoxy) is 2. The SMILES string of the molecule is CNC(c1cccc(OC)c1)c1cc(C)ccc1OC. The number of rotatable bonds is 5. The molecule has 0 radical (unpaired) electrons. The van der Waals surface area contributed by atoms with Gasteiger partial charge in [-0.2, -0.15) is 0 Å². The standard InChI is InChI=1S/C17H21NO2/c1-12-8-9-16(20-4)15(10-12)17(18-2)13-6-5-7-14(11-13)19-3/h5-11,17-18H,1-4H3. The number of methoxy groups -OCH3 is 2. The fraction of sp³-hybridized carbons (Fsp3) is 0.294. The van der Waals surface area contributed by atoms with Gasteiger partial charge in [0.25, 0.3) is 0 Å². The lowest BCUT2D eigenvalue weighted by Crippen LogP contribution is -2.18. The molecule has 0 fully saturated rings. The summed E-state index contributed by atoms with van der Waals surface area (Å²) in [4.78, 5) is 0. The Kier molecular flexibility index (Phi) is 4.64. The molecule has 2 aromatic carbocycles. The lowest BCUT2D eigenvalue weighted by molar-refractivity contribution is 0.404. The summed E-state index contributed by atoms with van der Waals surface area (Å²) in [5.41, 5.74) is 3.49. The fourth-order valence-electron chi connectivity index (χ4n) is 2.40. The Morgan fingerprint density at radius 1 is 1.00 bits per heavy atom. The van der Waals surface area contributed by atoms with Crippen LogP contribution in [0.5, 0.6) is 11.5 Å². The van der Waals surface area contributed by atoms with Crippen molar-refractivity contribution in [3.8, 4) is 11.5 Å². The maximum Gasteiger partial charge on any atom is 0.123 e. The molecular formula is C17H21NO2. The van der Waals surface area contributed by atoms with Crippen molar-refractivity contribution in [2.24, 2.45) is 0 Å². The molecule has 3 nitrogen and oxygen atoms in total. The Morgan fingerprint density at radius 3 is 2.45 bits per heavy atom. The van der Waals surface area contributed by atoms with E-state index in [9.17, 15) is 0 Å². The van der Waals surface area contributed by atoms with Gasteiger partial charge in [0.1, 0.15) is 11.5 Å². The van der Waals surface area contributed by atoms with E-state index in [1.807, 2.05) is 31.3 Å². The van der Waals surface area contributed by atoms with Gasteiger partial charge >= 0.3 is 0 Å². The van der Waals surface area contributed by atoms with Gasteiger partial charge in [-0.15, -0.1) is 0 Å². The van der Waals surface area contributed by atoms with Crippen molar-refractivity contribution < 1.29 is 9.47 Å². The molecule has 1 atom stereocenters. The first kappa shape index (κ1) is 14.4. The van der Waals surface area contributed by atoms with Gasteiger partial charge in [-0.3, -0.25) is 0 Å². The van der Waals surface area contributed by atoms with Crippen LogP contribution in [0.25, 0.3) is 0 Å². The summed E-state index contributed by atoms with van der Waals surface area (Å²) in [7, 11) is 5.33. The molecule has 0 aliphatic rings. The van der Waals surface area contributed by atoms with Crippen LogP contribution in [0.1, 0.15) is 22.7 Å². The molecule has 3 heteroatoms. The van der Waals surface area contributed by atoms with Crippen molar-refractivity contribution in [2.45, 2.75) is 13.0 Å². The number of hydrogen-bond acceptors (Lipinski definition) is 3. The molecule has 0 aliphatic heterocycles. The highest BCUT2D eigenvalue weighted by atomic mass is 16.5. The molecule has 0 heterocycles. The van der Waals surface area contributed by atoms with Crippen LogP contribution in [0.3, 0.4) is 0 Å². The molecule has 2 aromatic rings. The number of benzene rings is 2. The van der Waals surface area contributed by atoms with Gasteiger partial charge in [0.2, 0.25) is 0 Å². The molecule has 1 N–H and O–H groups in total. The molecule has 0 bridgehead atoms. The largest absolute Gasteiger partial charge is 0.497 e. The van der Waals surface area contributed by atoms with Crippen molar-refractivity contribution in [2.75, 3.05) is 21.3 Å². The molecule has 0 aliphatic carbocycles. The van der Waals surface area contributed by atoms with Crippen molar-refractivity contribution in [1.29, 1.82) is 0 Å². The maximum absolute atomic E-state index is 5.49. The lowest BCUT2D eigenvalue weighted by atomic mass is 9.96. The highest BCUT2D eigenvalue weighted by molar-refractivity contribution is 5.45. The highest BCUT2D eigenvalue weighted by Crippen LogP contribution is 2.31. The fourth-order valence-corrected chi connectivity index (χ4v) is 2.40. The van der Waals surface area contributed by atoms with Gasteiger partial charge in [-0.1, -0.05) is 29.8 Å². The van der Waals surface area contributed by atoms with Gasteiger partial charge < -0.3 is 14.8 Å². The van der Waals surface area contributed by atoms with Gasteiger partial charge in [-0.05, 0) is 37.7 Å². The molecule has 1 unspecified atom stereocenters. The van der Waals surface area contributed by atoms with E-state index in [2.05, 4.69) is 30.4 Å². The quantitative estimate of drug-likeness (QED) is 0.905. The zero-order valence-corrected chi connectivity index (χ0v) is 12.4. The lowest BCUT2D eigenvalue weighted by Gasteiger charge is -2.21. The number of nitrogens with one attached hydrogen (secondary N) is 1. The van der Waals surface area contributed by atoms with Crippen molar-refractivity contribution in [3.63, 3.8) is 0 Å². The third-order valence-electron chi connectivity index (χ3n) is 3.41. The van der Waals surface area contributed by atoms with Crippen LogP contribution in [0.4, 0.5) is 0 Å². The summed E-state index contributed by atoms with van der Waals surface area (Å²) in [6, 6.07) is 14.4. The Balaban J connectivity index is 2.48. The van der Waals surface area contributed by atoms with Gasteiger partial charge in [0.15, 0.2) is 0 Å². The molecule has 0 saturated heterocycles. The van der Waals surface area contributed by atoms with Crippen molar-refractivity contribution >= 4 is 0 Å². The Bertz CT molecular complexity index is 581. The average molecular weight is 271 g/mol. The highest BCUT2D eigenvalue weighted by Gasteiger charge is 2.17. The van der Waals surface area contributed by atoms with Crippen molar-refractivity contribution in [1.82, 2.24) is 5.32 Å². The van der Waals surface area contributed by atoms with E-state index in [1.54, 1.807) is 14.2 Å². The summed E-state index contributed by atoms with van der Waals surface area (Å²) in [5, 5.41) is 3.35. The van der Waals surface area contributed by atoms with Gasteiger partial charge in [0, 0.05) is 5.56 Å². The predicted octanol–water partition coefficient (Wildman–Crippen LogP) is 3.32. The first-order chi connectivity index (χ1) is 9.69. The second kappa shape index (κ2) is 6.44. The maximum atomic E-state index is 5.49. The number of hydrogen-bond donors (Lipinski definition) is 1. The number of aryl methyl sites for hydroxylation is 1. The zero-order chi connectivity index (χ0) is 14.5. The van der Waals surface area contributed by atoms with Crippen LogP contribution in [-0.2, 0) is 0 Å². The monoisotopic (exact) mass is 271 g/mol. The van der Waals surface area contributed by atoms with Crippen molar-refractivity contribution in [3.05, 3.63) is 59.2 Å². The molecule has 0 saturated carbocycles. The molecule has 2 rings (SSSR count). The summed E-state index contributed by atoms with van der Waals surface area (Å²) >= 11 is 0. The first-order valence-electron chi connectivity index (χ1n) is 6.65. The third kappa shape index (κ3) is 2.94. The van der Waals surface area contributed by atoms with E-state index in [-0.39, 0.29) is 6.04 Å². The van der Waals surface area contributed by atoms with Gasteiger partial charge in [0.05, 0.1) is 20.3 Å². The molecular weight excluding hydrogens is 250 g/mol. The van der Waals surface area contributed by atoms with Crippen LogP contribution < -0.4 is 14.8 Å². The van der Waals surface area contributed by atoms with E-state index >= 15 is 0 Å². The normalized spacial score (nSPS) is 12.0. The summed E-state index contributed by atoms with van der Waals surface area (Å²) in [5.74, 6) is 1.74. The smallest absolute Gasteiger partial charge is 0.123 e. The summed E-state index contributed by atoms with van der Waals surface area (Å²) < 4.78 is 10.8. The molecule has 20 heavy (non-hydrogen) atoms. The van der Waals surface area contributed by atoms with Crippen LogP contribution in [-0.4, -0.2) is 21.3 Å². The summed E-state index contributed by atoms with van der Waals surface area (Å²) in [6.07, 6.45) is 0. The van der Waals surface area contributed by atoms with E-state index in [4.69, 9.17) is 9.47 Å².